The van der Waals surface area contributed by atoms with Crippen molar-refractivity contribution in [2.45, 2.75) is 12.3 Å². The Morgan fingerprint density at radius 1 is 0.821 bits per heavy atom. The molecule has 0 fully saturated rings. The Balaban J connectivity index is 1.85. The van der Waals surface area contributed by atoms with Gasteiger partial charge in [-0.25, -0.2) is 0 Å². The van der Waals surface area contributed by atoms with Crippen LogP contribution in [0.2, 0.25) is 0 Å². The fourth-order valence-corrected chi connectivity index (χ4v) is 3.76. The smallest absolute Gasteiger partial charge is 0.315 e. The molecule has 0 saturated carbocycles. The molecule has 3 aromatic rings. The van der Waals surface area contributed by atoms with Crippen molar-refractivity contribution in [3.05, 3.63) is 113 Å². The highest BCUT2D eigenvalue weighted by atomic mass is 16.5. The van der Waals surface area contributed by atoms with Crippen molar-refractivity contribution < 1.29 is 9.53 Å². The zero-order chi connectivity index (χ0) is 19.3. The average Bonchev–Trinajstić information content (AvgIpc) is 2.76. The third kappa shape index (κ3) is 3.45. The molecule has 0 aliphatic carbocycles. The molecule has 28 heavy (non-hydrogen) atoms. The van der Waals surface area contributed by atoms with Gasteiger partial charge in [-0.3, -0.25) is 4.79 Å². The molecule has 0 unspecified atom stereocenters. The first kappa shape index (κ1) is 17.8. The molecule has 0 saturated heterocycles. The van der Waals surface area contributed by atoms with E-state index in [1.807, 2.05) is 91.0 Å². The third-order valence-electron chi connectivity index (χ3n) is 5.08. The molecule has 0 bridgehead atoms. The van der Waals surface area contributed by atoms with Crippen molar-refractivity contribution in [1.29, 1.82) is 5.26 Å². The van der Waals surface area contributed by atoms with Gasteiger partial charge in [0.1, 0.15) is 0 Å². The minimum atomic E-state index is -0.452. The standard InChI is InChI=1S/C25H19NO2/c26-17-22-23(19-12-6-2-7-13-19)21(16-18-10-4-1-5-11-18)25(27)28-24(22)20-14-8-3-9-15-20/h1-15,21,23H,16H2/t21-,23+/m0/s1. The van der Waals surface area contributed by atoms with Gasteiger partial charge in [0.15, 0.2) is 5.76 Å². The minimum absolute atomic E-state index is 0.296. The molecule has 0 spiro atoms. The number of carbonyl (C=O) groups is 1. The molecule has 3 nitrogen and oxygen atoms in total. The molecular weight excluding hydrogens is 346 g/mol. The first-order chi connectivity index (χ1) is 13.8. The highest BCUT2D eigenvalue weighted by Crippen LogP contribution is 2.43. The van der Waals surface area contributed by atoms with Gasteiger partial charge < -0.3 is 4.74 Å². The quantitative estimate of drug-likeness (QED) is 0.603. The number of benzene rings is 3. The maximum atomic E-state index is 13.1. The van der Waals surface area contributed by atoms with Crippen LogP contribution in [-0.4, -0.2) is 5.97 Å². The molecule has 3 heteroatoms. The normalized spacial score (nSPS) is 19.0. The summed E-state index contributed by atoms with van der Waals surface area (Å²) >= 11 is 0. The summed E-state index contributed by atoms with van der Waals surface area (Å²) in [5.74, 6) is -0.725. The van der Waals surface area contributed by atoms with Crippen LogP contribution in [-0.2, 0) is 16.0 Å². The number of nitriles is 1. The highest BCUT2D eigenvalue weighted by Gasteiger charge is 2.41. The second-order valence-electron chi connectivity index (χ2n) is 6.83. The second-order valence-corrected chi connectivity index (χ2v) is 6.83. The average molecular weight is 365 g/mol. The maximum Gasteiger partial charge on any atom is 0.315 e. The van der Waals surface area contributed by atoms with Gasteiger partial charge in [0.25, 0.3) is 0 Å². The van der Waals surface area contributed by atoms with Gasteiger partial charge in [0.2, 0.25) is 0 Å². The number of nitrogens with zero attached hydrogens (tertiary/aromatic N) is 1. The van der Waals surface area contributed by atoms with Crippen LogP contribution in [0.1, 0.15) is 22.6 Å². The monoisotopic (exact) mass is 365 g/mol. The lowest BCUT2D eigenvalue weighted by molar-refractivity contribution is -0.143. The number of hydrogen-bond donors (Lipinski definition) is 0. The zero-order valence-electron chi connectivity index (χ0n) is 15.3. The van der Waals surface area contributed by atoms with E-state index in [1.165, 1.54) is 0 Å². The number of carbonyl (C=O) groups excluding carboxylic acids is 1. The predicted molar refractivity (Wildman–Crippen MR) is 108 cm³/mol. The van der Waals surface area contributed by atoms with Crippen LogP contribution in [0.25, 0.3) is 5.76 Å². The van der Waals surface area contributed by atoms with E-state index in [0.717, 1.165) is 16.7 Å². The number of cyclic esters (lactones) is 1. The van der Waals surface area contributed by atoms with Crippen LogP contribution < -0.4 is 0 Å². The first-order valence-corrected chi connectivity index (χ1v) is 9.28. The van der Waals surface area contributed by atoms with Crippen LogP contribution in [0.3, 0.4) is 0 Å². The van der Waals surface area contributed by atoms with Crippen molar-refractivity contribution in [3.63, 3.8) is 0 Å². The highest BCUT2D eigenvalue weighted by molar-refractivity contribution is 5.87. The van der Waals surface area contributed by atoms with Crippen LogP contribution in [0.4, 0.5) is 0 Å². The molecule has 3 aromatic carbocycles. The molecular formula is C25H19NO2. The lowest BCUT2D eigenvalue weighted by atomic mass is 9.75. The molecule has 136 valence electrons. The van der Waals surface area contributed by atoms with Gasteiger partial charge in [0.05, 0.1) is 17.6 Å². The molecule has 1 aliphatic rings. The number of hydrogen-bond acceptors (Lipinski definition) is 3. The summed E-state index contributed by atoms with van der Waals surface area (Å²) in [6, 6.07) is 31.3. The molecule has 4 rings (SSSR count). The molecule has 1 heterocycles. The van der Waals surface area contributed by atoms with Crippen LogP contribution >= 0.6 is 0 Å². The van der Waals surface area contributed by atoms with Crippen LogP contribution in [0, 0.1) is 17.2 Å². The van der Waals surface area contributed by atoms with Gasteiger partial charge >= 0.3 is 5.97 Å². The lowest BCUT2D eigenvalue weighted by Gasteiger charge is -2.32. The molecule has 2 atom stereocenters. The van der Waals surface area contributed by atoms with Gasteiger partial charge in [-0.1, -0.05) is 91.0 Å². The summed E-state index contributed by atoms with van der Waals surface area (Å²) < 4.78 is 5.73. The Morgan fingerprint density at radius 2 is 1.39 bits per heavy atom. The third-order valence-corrected chi connectivity index (χ3v) is 5.08. The van der Waals surface area contributed by atoms with Crippen molar-refractivity contribution in [2.24, 2.45) is 5.92 Å². The van der Waals surface area contributed by atoms with E-state index >= 15 is 0 Å². The second kappa shape index (κ2) is 7.94. The van der Waals surface area contributed by atoms with Gasteiger partial charge in [-0.15, -0.1) is 0 Å². The summed E-state index contributed by atoms with van der Waals surface area (Å²) in [4.78, 5) is 13.1. The molecule has 0 amide bonds. The van der Waals surface area contributed by atoms with Crippen molar-refractivity contribution in [1.82, 2.24) is 0 Å². The summed E-state index contributed by atoms with van der Waals surface area (Å²) in [5.41, 5.74) is 3.24. The number of esters is 1. The Morgan fingerprint density at radius 3 is 2.00 bits per heavy atom. The Hall–Kier alpha value is -3.64. The van der Waals surface area contributed by atoms with Gasteiger partial charge in [-0.05, 0) is 17.5 Å². The van der Waals surface area contributed by atoms with Gasteiger partial charge in [-0.2, -0.15) is 5.26 Å². The molecule has 0 aromatic heterocycles. The predicted octanol–water partition coefficient (Wildman–Crippen LogP) is 5.12. The minimum Gasteiger partial charge on any atom is -0.425 e. The first-order valence-electron chi connectivity index (χ1n) is 9.28. The van der Waals surface area contributed by atoms with E-state index in [1.54, 1.807) is 0 Å². The largest absolute Gasteiger partial charge is 0.425 e. The van der Waals surface area contributed by atoms with Crippen molar-refractivity contribution in [2.75, 3.05) is 0 Å². The number of rotatable bonds is 4. The van der Waals surface area contributed by atoms with Gasteiger partial charge in [0, 0.05) is 11.5 Å². The lowest BCUT2D eigenvalue weighted by Crippen LogP contribution is -2.32. The Bertz CT molecular complexity index is 1030. The fourth-order valence-electron chi connectivity index (χ4n) is 3.76. The Labute approximate surface area is 164 Å². The van der Waals surface area contributed by atoms with E-state index in [2.05, 4.69) is 6.07 Å². The number of ether oxygens (including phenoxy) is 1. The molecule has 1 aliphatic heterocycles. The van der Waals surface area contributed by atoms with Crippen molar-refractivity contribution in [3.8, 4) is 6.07 Å². The molecule has 0 N–H and O–H groups in total. The topological polar surface area (TPSA) is 50.1 Å². The van der Waals surface area contributed by atoms with Crippen molar-refractivity contribution >= 4 is 11.7 Å². The summed E-state index contributed by atoms with van der Waals surface area (Å²) in [6.07, 6.45) is 0.520. The Kier molecular flexibility index (Phi) is 5.03. The summed E-state index contributed by atoms with van der Waals surface area (Å²) in [5, 5.41) is 10.0. The van der Waals surface area contributed by atoms with Crippen LogP contribution in [0.5, 0.6) is 0 Å². The van der Waals surface area contributed by atoms with Crippen LogP contribution in [0.15, 0.2) is 96.6 Å². The maximum absolute atomic E-state index is 13.1. The molecule has 0 radical (unpaired) electrons. The van der Waals surface area contributed by atoms with E-state index in [-0.39, 0.29) is 11.9 Å². The number of allylic oxidation sites excluding steroid dienone is 1. The zero-order valence-corrected chi connectivity index (χ0v) is 15.3. The van der Waals surface area contributed by atoms with E-state index in [9.17, 15) is 10.1 Å². The van der Waals surface area contributed by atoms with E-state index in [0.29, 0.717) is 17.8 Å². The fraction of sp³-hybridized carbons (Fsp3) is 0.120. The van der Waals surface area contributed by atoms with E-state index < -0.39 is 5.92 Å². The SMILES string of the molecule is N#CC1=C(c2ccccc2)OC(=O)[C@@H](Cc2ccccc2)[C@H]1c1ccccc1. The van der Waals surface area contributed by atoms with E-state index in [4.69, 9.17) is 4.74 Å². The summed E-state index contributed by atoms with van der Waals surface area (Å²) in [6.45, 7) is 0. The summed E-state index contributed by atoms with van der Waals surface area (Å²) in [7, 11) is 0.